The first-order chi connectivity index (χ1) is 8.38. The SMILES string of the molecule is CC1(C)CC1CNC(=O)Cn1cc(C(=O)O)nn1. The van der Waals surface area contributed by atoms with Crippen LogP contribution in [0.3, 0.4) is 0 Å². The Hall–Kier alpha value is -1.92. The zero-order chi connectivity index (χ0) is 13.3. The van der Waals surface area contributed by atoms with Gasteiger partial charge in [-0.3, -0.25) is 4.79 Å². The summed E-state index contributed by atoms with van der Waals surface area (Å²) in [6.45, 7) is 4.99. The molecule has 0 aromatic carbocycles. The molecule has 2 N–H and O–H groups in total. The average molecular weight is 252 g/mol. The van der Waals surface area contributed by atoms with Crippen molar-refractivity contribution in [3.05, 3.63) is 11.9 Å². The van der Waals surface area contributed by atoms with Crippen molar-refractivity contribution in [1.82, 2.24) is 20.3 Å². The summed E-state index contributed by atoms with van der Waals surface area (Å²) < 4.78 is 1.22. The molecule has 0 spiro atoms. The van der Waals surface area contributed by atoms with Crippen molar-refractivity contribution in [2.45, 2.75) is 26.8 Å². The van der Waals surface area contributed by atoms with Gasteiger partial charge in [-0.2, -0.15) is 0 Å². The quantitative estimate of drug-likeness (QED) is 0.776. The number of nitrogens with zero attached hydrogens (tertiary/aromatic N) is 3. The monoisotopic (exact) mass is 252 g/mol. The van der Waals surface area contributed by atoms with E-state index in [0.29, 0.717) is 17.9 Å². The Morgan fingerprint density at radius 3 is 2.78 bits per heavy atom. The van der Waals surface area contributed by atoms with Crippen molar-refractivity contribution in [1.29, 1.82) is 0 Å². The fourth-order valence-electron chi connectivity index (χ4n) is 1.84. The van der Waals surface area contributed by atoms with Crippen molar-refractivity contribution in [2.75, 3.05) is 6.54 Å². The van der Waals surface area contributed by atoms with Gasteiger partial charge < -0.3 is 10.4 Å². The average Bonchev–Trinajstić information content (AvgIpc) is 2.71. The number of aromatic carboxylic acids is 1. The summed E-state index contributed by atoms with van der Waals surface area (Å²) in [7, 11) is 0. The summed E-state index contributed by atoms with van der Waals surface area (Å²) in [6, 6.07) is 0. The minimum Gasteiger partial charge on any atom is -0.476 e. The van der Waals surface area contributed by atoms with Gasteiger partial charge in [-0.05, 0) is 17.8 Å². The van der Waals surface area contributed by atoms with Gasteiger partial charge in [0.25, 0.3) is 0 Å². The molecule has 1 heterocycles. The molecule has 0 radical (unpaired) electrons. The Morgan fingerprint density at radius 2 is 2.28 bits per heavy atom. The maximum absolute atomic E-state index is 11.6. The van der Waals surface area contributed by atoms with E-state index in [0.717, 1.165) is 6.42 Å². The van der Waals surface area contributed by atoms with Gasteiger partial charge >= 0.3 is 5.97 Å². The van der Waals surface area contributed by atoms with Crippen LogP contribution in [0.25, 0.3) is 0 Å². The number of carboxylic acid groups (broad SMARTS) is 1. The van der Waals surface area contributed by atoms with E-state index in [2.05, 4.69) is 29.5 Å². The first-order valence-corrected chi connectivity index (χ1v) is 5.78. The smallest absolute Gasteiger partial charge is 0.358 e. The number of aromatic nitrogens is 3. The second-order valence-corrected chi connectivity index (χ2v) is 5.30. The van der Waals surface area contributed by atoms with Gasteiger partial charge in [-0.25, -0.2) is 9.48 Å². The largest absolute Gasteiger partial charge is 0.476 e. The van der Waals surface area contributed by atoms with E-state index < -0.39 is 5.97 Å². The van der Waals surface area contributed by atoms with Crippen LogP contribution in [0.4, 0.5) is 0 Å². The molecule has 1 atom stereocenters. The summed E-state index contributed by atoms with van der Waals surface area (Å²) >= 11 is 0. The maximum atomic E-state index is 11.6. The van der Waals surface area contributed by atoms with Crippen LogP contribution in [0.1, 0.15) is 30.8 Å². The molecule has 0 saturated heterocycles. The predicted molar refractivity (Wildman–Crippen MR) is 61.9 cm³/mol. The van der Waals surface area contributed by atoms with E-state index in [4.69, 9.17) is 5.11 Å². The molecular weight excluding hydrogens is 236 g/mol. The van der Waals surface area contributed by atoms with Crippen molar-refractivity contribution in [3.63, 3.8) is 0 Å². The molecule has 1 aromatic rings. The van der Waals surface area contributed by atoms with E-state index in [9.17, 15) is 9.59 Å². The van der Waals surface area contributed by atoms with Gasteiger partial charge in [0.05, 0.1) is 6.20 Å². The molecule has 7 heteroatoms. The lowest BCUT2D eigenvalue weighted by Gasteiger charge is -2.06. The first kappa shape index (κ1) is 12.5. The molecule has 2 rings (SSSR count). The van der Waals surface area contributed by atoms with Gasteiger partial charge in [0.1, 0.15) is 6.54 Å². The maximum Gasteiger partial charge on any atom is 0.358 e. The molecule has 1 saturated carbocycles. The minimum atomic E-state index is -1.15. The van der Waals surface area contributed by atoms with Gasteiger partial charge in [-0.1, -0.05) is 19.1 Å². The second kappa shape index (κ2) is 4.40. The topological polar surface area (TPSA) is 97.1 Å². The summed E-state index contributed by atoms with van der Waals surface area (Å²) in [5.74, 6) is -0.798. The Morgan fingerprint density at radius 1 is 1.61 bits per heavy atom. The zero-order valence-electron chi connectivity index (χ0n) is 10.4. The van der Waals surface area contributed by atoms with Crippen LogP contribution >= 0.6 is 0 Å². The fraction of sp³-hybridized carbons (Fsp3) is 0.636. The van der Waals surface area contributed by atoms with Gasteiger partial charge in [-0.15, -0.1) is 5.10 Å². The lowest BCUT2D eigenvalue weighted by molar-refractivity contribution is -0.121. The Bertz CT molecular complexity index is 480. The summed E-state index contributed by atoms with van der Waals surface area (Å²) in [6.07, 6.45) is 2.36. The summed E-state index contributed by atoms with van der Waals surface area (Å²) in [5, 5.41) is 18.5. The third-order valence-electron chi connectivity index (χ3n) is 3.33. The van der Waals surface area contributed by atoms with Crippen molar-refractivity contribution in [2.24, 2.45) is 11.3 Å². The highest BCUT2D eigenvalue weighted by atomic mass is 16.4. The van der Waals surface area contributed by atoms with E-state index >= 15 is 0 Å². The van der Waals surface area contributed by atoms with Crippen molar-refractivity contribution < 1.29 is 14.7 Å². The molecular formula is C11H16N4O3. The molecule has 1 unspecified atom stereocenters. The Balaban J connectivity index is 1.78. The number of hydrogen-bond donors (Lipinski definition) is 2. The Labute approximate surface area is 104 Å². The number of carboxylic acids is 1. The number of hydrogen-bond acceptors (Lipinski definition) is 4. The van der Waals surface area contributed by atoms with E-state index in [1.165, 1.54) is 10.9 Å². The molecule has 1 amide bonds. The highest BCUT2D eigenvalue weighted by Crippen LogP contribution is 2.50. The molecule has 1 aliphatic carbocycles. The molecule has 0 aliphatic heterocycles. The van der Waals surface area contributed by atoms with Crippen LogP contribution in [-0.4, -0.2) is 38.5 Å². The second-order valence-electron chi connectivity index (χ2n) is 5.30. The number of rotatable bonds is 5. The minimum absolute atomic E-state index is 0.00652. The standard InChI is InChI=1S/C11H16N4O3/c1-11(2)3-7(11)4-12-9(16)6-15-5-8(10(17)18)13-14-15/h5,7H,3-4,6H2,1-2H3,(H,12,16)(H,17,18). The molecule has 18 heavy (non-hydrogen) atoms. The van der Waals surface area contributed by atoms with E-state index in [1.807, 2.05) is 0 Å². The molecule has 98 valence electrons. The lowest BCUT2D eigenvalue weighted by Crippen LogP contribution is -2.30. The van der Waals surface area contributed by atoms with Gasteiger partial charge in [0.2, 0.25) is 5.91 Å². The molecule has 7 nitrogen and oxygen atoms in total. The van der Waals surface area contributed by atoms with Gasteiger partial charge in [0.15, 0.2) is 5.69 Å². The van der Waals surface area contributed by atoms with Crippen molar-refractivity contribution in [3.8, 4) is 0 Å². The van der Waals surface area contributed by atoms with Crippen LogP contribution in [0.15, 0.2) is 6.20 Å². The first-order valence-electron chi connectivity index (χ1n) is 5.78. The van der Waals surface area contributed by atoms with Crippen molar-refractivity contribution >= 4 is 11.9 Å². The number of carbonyl (C=O) groups excluding carboxylic acids is 1. The third kappa shape index (κ3) is 2.85. The normalized spacial score (nSPS) is 20.4. The predicted octanol–water partition coefficient (Wildman–Crippen LogP) is 0.139. The summed E-state index contributed by atoms with van der Waals surface area (Å²) in [5.41, 5.74) is 0.169. The van der Waals surface area contributed by atoms with Gasteiger partial charge in [0, 0.05) is 6.54 Å². The molecule has 0 bridgehead atoms. The Kier molecular flexibility index (Phi) is 3.06. The molecule has 1 aromatic heterocycles. The lowest BCUT2D eigenvalue weighted by atomic mass is 10.1. The zero-order valence-corrected chi connectivity index (χ0v) is 10.4. The van der Waals surface area contributed by atoms with Crippen LogP contribution < -0.4 is 5.32 Å². The third-order valence-corrected chi connectivity index (χ3v) is 3.33. The number of amides is 1. The van der Waals surface area contributed by atoms with Crippen LogP contribution in [0, 0.1) is 11.3 Å². The van der Waals surface area contributed by atoms with Crippen LogP contribution in [0.2, 0.25) is 0 Å². The highest BCUT2D eigenvalue weighted by Gasteiger charge is 2.45. The van der Waals surface area contributed by atoms with Crippen LogP contribution in [0.5, 0.6) is 0 Å². The molecule has 1 fully saturated rings. The summed E-state index contributed by atoms with van der Waals surface area (Å²) in [4.78, 5) is 22.2. The van der Waals surface area contributed by atoms with E-state index in [-0.39, 0.29) is 18.1 Å². The van der Waals surface area contributed by atoms with E-state index in [1.54, 1.807) is 0 Å². The highest BCUT2D eigenvalue weighted by molar-refractivity contribution is 5.84. The number of carbonyl (C=O) groups is 2. The fourth-order valence-corrected chi connectivity index (χ4v) is 1.84. The molecule has 1 aliphatic rings. The van der Waals surface area contributed by atoms with Crippen LogP contribution in [-0.2, 0) is 11.3 Å². The number of nitrogens with one attached hydrogen (secondary N) is 1.